The van der Waals surface area contributed by atoms with E-state index in [4.69, 9.17) is 90.7 Å². The van der Waals surface area contributed by atoms with Crippen LogP contribution in [0.15, 0.2) is 0 Å². The molecule has 0 spiro atoms. The van der Waals surface area contributed by atoms with Gasteiger partial charge in [-0.15, -0.1) is 0 Å². The van der Waals surface area contributed by atoms with E-state index >= 15 is 0 Å². The van der Waals surface area contributed by atoms with Crippen LogP contribution >= 0.6 is 0 Å². The average Bonchev–Trinajstić information content (AvgIpc) is 0.935. The van der Waals surface area contributed by atoms with Gasteiger partial charge in [0.05, 0.1) is 164 Å². The molecule has 0 amide bonds. The quantitative estimate of drug-likeness (QED) is 0.0545. The van der Waals surface area contributed by atoms with Gasteiger partial charge >= 0.3 is 0 Å². The number of ether oxygens (including phenoxy) is 17. The fourth-order valence-corrected chi connectivity index (χ4v) is 6.50. The van der Waals surface area contributed by atoms with Gasteiger partial charge in [0, 0.05) is 67.6 Å². The normalized spacial score (nSPS) is 12.1. The van der Waals surface area contributed by atoms with E-state index < -0.39 is 0 Å². The Hall–Kier alpha value is -0.760. The molecule has 0 bridgehead atoms. The first-order valence-electron chi connectivity index (χ1n) is 40.8. The second kappa shape index (κ2) is 110. The third kappa shape index (κ3) is 196. The minimum Gasteiger partial charge on any atom is -0.391 e. The zero-order valence-electron chi connectivity index (χ0n) is 75.7. The summed E-state index contributed by atoms with van der Waals surface area (Å²) >= 11 is 0. The summed E-state index contributed by atoms with van der Waals surface area (Å²) in [7, 11) is 5.03. The van der Waals surface area contributed by atoms with E-state index in [0.717, 1.165) is 78.7 Å². The summed E-state index contributed by atoms with van der Waals surface area (Å²) in [4.78, 5) is 0. The number of methoxy groups -OCH3 is 3. The van der Waals surface area contributed by atoms with Crippen molar-refractivity contribution < 1.29 is 90.7 Å². The van der Waals surface area contributed by atoms with Crippen LogP contribution in [0.5, 0.6) is 0 Å². The second-order valence-corrected chi connectivity index (χ2v) is 28.5. The highest BCUT2D eigenvalue weighted by Gasteiger charge is 2.18. The van der Waals surface area contributed by atoms with Gasteiger partial charge in [-0.1, -0.05) is 73.1 Å². The van der Waals surface area contributed by atoms with Crippen LogP contribution in [0.4, 0.5) is 0 Å². The Morgan fingerprint density at radius 3 is 0.757 bits per heavy atom. The molecule has 0 aliphatic heterocycles. The van der Waals surface area contributed by atoms with Crippen molar-refractivity contribution in [3.63, 3.8) is 0 Å². The van der Waals surface area contributed by atoms with Gasteiger partial charge in [-0.05, 0) is 252 Å². The monoisotopic (exact) mass is 1500 g/mol. The van der Waals surface area contributed by atoms with Crippen LogP contribution in [0.25, 0.3) is 0 Å². The molecular formula is C84H190O19. The summed E-state index contributed by atoms with van der Waals surface area (Å²) in [5.41, 5.74) is 0. The zero-order chi connectivity index (χ0) is 81.9. The van der Waals surface area contributed by atoms with Crippen LogP contribution < -0.4 is 0 Å². The molecule has 1 unspecified atom stereocenters. The predicted molar refractivity (Wildman–Crippen MR) is 440 cm³/mol. The molecular weight excluding hydrogens is 1310 g/mol. The van der Waals surface area contributed by atoms with Gasteiger partial charge in [0.25, 0.3) is 0 Å². The van der Waals surface area contributed by atoms with Gasteiger partial charge in [0.1, 0.15) is 0 Å². The number of unbranched alkanes of at least 4 members (excludes halogenated alkanes) is 6. The van der Waals surface area contributed by atoms with Gasteiger partial charge in [-0.3, -0.25) is 0 Å². The van der Waals surface area contributed by atoms with Crippen LogP contribution in [0.1, 0.15) is 325 Å². The number of aliphatic hydroxyl groups is 2. The van der Waals surface area contributed by atoms with E-state index in [-0.39, 0.29) is 24.4 Å². The molecule has 2 N–H and O–H groups in total. The Labute approximate surface area is 644 Å². The highest BCUT2D eigenvalue weighted by Crippen LogP contribution is 2.22. The molecule has 0 aromatic heterocycles. The molecule has 0 aromatic rings. The largest absolute Gasteiger partial charge is 0.391 e. The topological polar surface area (TPSA) is 197 Å². The molecule has 0 aromatic carbocycles. The van der Waals surface area contributed by atoms with E-state index in [2.05, 4.69) is 104 Å². The predicted octanol–water partition coefficient (Wildman–Crippen LogP) is 20.4. The summed E-state index contributed by atoms with van der Waals surface area (Å²) in [6.45, 7) is 79.6. The Kier molecular flexibility index (Phi) is 134. The van der Waals surface area contributed by atoms with Crippen molar-refractivity contribution in [1.82, 2.24) is 0 Å². The fraction of sp³-hybridized carbons (Fsp3) is 1.00. The summed E-state index contributed by atoms with van der Waals surface area (Å²) in [6, 6.07) is 0. The molecule has 19 heteroatoms. The van der Waals surface area contributed by atoms with E-state index in [1.165, 1.54) is 77.0 Å². The first kappa shape index (κ1) is 126. The highest BCUT2D eigenvalue weighted by molar-refractivity contribution is 4.69. The molecule has 0 saturated heterocycles. The Morgan fingerprint density at radius 1 is 0.243 bits per heavy atom. The Bertz CT molecular complexity index is 1230. The lowest BCUT2D eigenvalue weighted by Crippen LogP contribution is -2.24. The molecule has 103 heavy (non-hydrogen) atoms. The van der Waals surface area contributed by atoms with Gasteiger partial charge in [-0.25, -0.2) is 0 Å². The SMILES string of the molecule is CC(C)OC(C)C.CC(C)OC1CCC1.CC(C)OC[C@@H](C)O.CC(O)COC(C)C.CCCCCCOC(C)C.CCCCCOC(C)C.CCCCOC(C)C.CCCOC(C)C.CCCOCCOC(C)C.COCCCOC(C)C.COCCOC(C)C.COCCOCCOC(C)C. The van der Waals surface area contributed by atoms with E-state index in [0.29, 0.717) is 126 Å². The maximum atomic E-state index is 8.68. The number of hydrogen-bond donors (Lipinski definition) is 2. The van der Waals surface area contributed by atoms with E-state index in [1.54, 1.807) is 35.2 Å². The maximum absolute atomic E-state index is 8.68. The van der Waals surface area contributed by atoms with E-state index in [1.807, 2.05) is 111 Å². The van der Waals surface area contributed by atoms with Crippen molar-refractivity contribution in [2.24, 2.45) is 0 Å². The first-order chi connectivity index (χ1) is 48.3. The number of hydrogen-bond acceptors (Lipinski definition) is 19. The van der Waals surface area contributed by atoms with Gasteiger partial charge < -0.3 is 90.7 Å². The summed E-state index contributed by atoms with van der Waals surface area (Å²) in [5, 5.41) is 17.4. The zero-order valence-corrected chi connectivity index (χ0v) is 75.7. The van der Waals surface area contributed by atoms with Crippen molar-refractivity contribution in [3.8, 4) is 0 Å². The number of aliphatic hydroxyl groups excluding tert-OH is 2. The van der Waals surface area contributed by atoms with Crippen molar-refractivity contribution in [3.05, 3.63) is 0 Å². The molecule has 0 radical (unpaired) electrons. The van der Waals surface area contributed by atoms with Crippen LogP contribution in [-0.4, -0.2) is 242 Å². The number of rotatable bonds is 50. The molecule has 1 fully saturated rings. The second-order valence-electron chi connectivity index (χ2n) is 28.5. The minimum atomic E-state index is -0.336. The smallest absolute Gasteiger partial charge is 0.0745 e. The maximum Gasteiger partial charge on any atom is 0.0745 e. The highest BCUT2D eigenvalue weighted by atomic mass is 16.6. The van der Waals surface area contributed by atoms with Gasteiger partial charge in [0.15, 0.2) is 0 Å². The lowest BCUT2D eigenvalue weighted by atomic mass is 9.96. The molecule has 2 atom stereocenters. The lowest BCUT2D eigenvalue weighted by molar-refractivity contribution is -0.0347. The molecule has 19 nitrogen and oxygen atoms in total. The molecule has 1 aliphatic rings. The summed E-state index contributed by atoms with van der Waals surface area (Å²) in [6.07, 6.45) is 23.1. The standard InChI is InChI=1S/C9H20O.C8H18O3.C8H18O2.C8H18O.C7H16O2.C7H14O.C7H16O.3C6H14O2.2C6H14O/c1-4-5-6-7-8-10-9(2)3;1-8(2)11-7-6-10-5-4-9-3;1-4-5-9-6-7-10-8(2)3;1-4-5-6-7-9-8(2)3;1-7(2)9-6-4-5-8-3;1-6(2)8-7-4-3-5-7;1-4-5-6-8-7(2)3;1-6(2)8-5-4-7-3;2*1-5(2)8-4-6(3)7;1-5(2)7-6(3)4;1-4-5-7-6(2)3/h9H,4-8H2,1-3H3;8H,4-7H2,1-3H3;8H,4-7H2,1-3H3;8H,4-7H2,1-3H3;7H,4-6H2,1-3H3;6-7H,3-5H2,1-2H3;7H,4-6H2,1-3H3;6H,4-5H2,1-3H3;2*5-7H,4H2,1-3H3;5-6H,1-4H3;6H,4-5H2,1-3H3/t;;;;;;;;6-;;;/m........1.../s1. The molecule has 1 rings (SSSR count). The van der Waals surface area contributed by atoms with Crippen molar-refractivity contribution in [1.29, 1.82) is 0 Å². The first-order valence-corrected chi connectivity index (χ1v) is 40.8. The summed E-state index contributed by atoms with van der Waals surface area (Å²) in [5.74, 6) is 0. The van der Waals surface area contributed by atoms with Crippen molar-refractivity contribution >= 4 is 0 Å². The third-order valence-corrected chi connectivity index (χ3v) is 11.5. The average molecular weight is 1500 g/mol. The molecule has 1 aliphatic carbocycles. The van der Waals surface area contributed by atoms with Crippen LogP contribution in [0.2, 0.25) is 0 Å². The molecule has 0 heterocycles. The van der Waals surface area contributed by atoms with Crippen molar-refractivity contribution in [2.45, 2.75) is 422 Å². The third-order valence-electron chi connectivity index (χ3n) is 11.5. The van der Waals surface area contributed by atoms with Gasteiger partial charge in [0.2, 0.25) is 0 Å². The van der Waals surface area contributed by atoms with E-state index in [9.17, 15) is 0 Å². The van der Waals surface area contributed by atoms with Gasteiger partial charge in [-0.2, -0.15) is 0 Å². The molecule has 1 saturated carbocycles. The Morgan fingerprint density at radius 2 is 0.515 bits per heavy atom. The lowest BCUT2D eigenvalue weighted by Gasteiger charge is -2.27. The molecule has 640 valence electrons. The summed E-state index contributed by atoms with van der Waals surface area (Å²) < 4.78 is 87.8. The Balaban J connectivity index is -0.0000000998. The van der Waals surface area contributed by atoms with Crippen LogP contribution in [0, 0.1) is 0 Å². The van der Waals surface area contributed by atoms with Crippen LogP contribution in [-0.2, 0) is 80.5 Å². The fourth-order valence-electron chi connectivity index (χ4n) is 6.50. The van der Waals surface area contributed by atoms with Crippen molar-refractivity contribution in [2.75, 3.05) is 134 Å². The minimum absolute atomic E-state index is 0.226. The van der Waals surface area contributed by atoms with Crippen LogP contribution in [0.3, 0.4) is 0 Å².